The highest BCUT2D eigenvalue weighted by Crippen LogP contribution is 2.27. The van der Waals surface area contributed by atoms with Crippen molar-refractivity contribution in [3.05, 3.63) is 16.8 Å². The van der Waals surface area contributed by atoms with Gasteiger partial charge in [-0.1, -0.05) is 0 Å². The Morgan fingerprint density at radius 1 is 1.50 bits per heavy atom. The van der Waals surface area contributed by atoms with Crippen molar-refractivity contribution in [2.75, 3.05) is 19.0 Å². The average molecular weight is 258 g/mol. The van der Waals surface area contributed by atoms with Crippen LogP contribution < -0.4 is 11.0 Å². The molecule has 1 aliphatic heterocycles. The molecule has 2 heterocycles. The highest BCUT2D eigenvalue weighted by molar-refractivity contribution is 5.18. The predicted molar refractivity (Wildman–Crippen MR) is 58.8 cm³/mol. The maximum atomic E-state index is 11.7. The first-order chi connectivity index (χ1) is 8.58. The standard InChI is InChI=1S/C9H14N4O5/c1-10-8-11-3-13(9(17)12-8)7-6(16)5(15)4(2-14)18-7/h3-7,14-16H,2H2,1H3,(H,10,12,17)/t4-,5-,6-,7?/m1/s1. The van der Waals surface area contributed by atoms with Gasteiger partial charge in [-0.2, -0.15) is 4.98 Å². The van der Waals surface area contributed by atoms with Gasteiger partial charge in [0.25, 0.3) is 0 Å². The molecule has 0 bridgehead atoms. The Morgan fingerprint density at radius 3 is 2.72 bits per heavy atom. The maximum Gasteiger partial charge on any atom is 0.354 e. The van der Waals surface area contributed by atoms with E-state index in [2.05, 4.69) is 15.3 Å². The van der Waals surface area contributed by atoms with Gasteiger partial charge in [0.05, 0.1) is 6.61 Å². The first kappa shape index (κ1) is 12.9. The molecule has 1 fully saturated rings. The molecule has 0 spiro atoms. The molecule has 0 radical (unpaired) electrons. The summed E-state index contributed by atoms with van der Waals surface area (Å²) in [6.07, 6.45) is -3.50. The smallest absolute Gasteiger partial charge is 0.354 e. The quantitative estimate of drug-likeness (QED) is 0.460. The molecule has 1 saturated heterocycles. The Kier molecular flexibility index (Phi) is 3.57. The van der Waals surface area contributed by atoms with E-state index in [1.165, 1.54) is 0 Å². The van der Waals surface area contributed by atoms with Crippen molar-refractivity contribution in [1.82, 2.24) is 14.5 Å². The van der Waals surface area contributed by atoms with Gasteiger partial charge in [0, 0.05) is 7.05 Å². The molecule has 4 atom stereocenters. The summed E-state index contributed by atoms with van der Waals surface area (Å²) in [6, 6.07) is 0. The molecule has 2 rings (SSSR count). The number of ether oxygens (including phenoxy) is 1. The van der Waals surface area contributed by atoms with Gasteiger partial charge in [-0.3, -0.25) is 4.57 Å². The summed E-state index contributed by atoms with van der Waals surface area (Å²) in [5.74, 6) is 0.142. The Hall–Kier alpha value is -1.55. The molecular formula is C9H14N4O5. The van der Waals surface area contributed by atoms with Crippen molar-refractivity contribution in [2.45, 2.75) is 24.5 Å². The van der Waals surface area contributed by atoms with Crippen LogP contribution in [0.4, 0.5) is 5.95 Å². The van der Waals surface area contributed by atoms with Crippen molar-refractivity contribution < 1.29 is 20.1 Å². The number of hydrogen-bond donors (Lipinski definition) is 4. The lowest BCUT2D eigenvalue weighted by Crippen LogP contribution is -2.36. The van der Waals surface area contributed by atoms with Crippen LogP contribution in [0.3, 0.4) is 0 Å². The first-order valence-electron chi connectivity index (χ1n) is 5.34. The van der Waals surface area contributed by atoms with Gasteiger partial charge in [-0.15, -0.1) is 0 Å². The van der Waals surface area contributed by atoms with Crippen LogP contribution in [0.15, 0.2) is 11.1 Å². The fourth-order valence-corrected chi connectivity index (χ4v) is 1.75. The van der Waals surface area contributed by atoms with Crippen LogP contribution in [0.5, 0.6) is 0 Å². The number of hydrogen-bond acceptors (Lipinski definition) is 8. The number of aliphatic hydroxyl groups is 3. The van der Waals surface area contributed by atoms with E-state index in [0.717, 1.165) is 10.9 Å². The number of aromatic nitrogens is 3. The SMILES string of the molecule is CNc1ncn(C2O[C@H](CO)[C@@H](O)[C@H]2O)c(=O)n1. The van der Waals surface area contributed by atoms with Crippen LogP contribution >= 0.6 is 0 Å². The summed E-state index contributed by atoms with van der Waals surface area (Å²) in [5, 5.41) is 30.9. The number of nitrogens with one attached hydrogen (secondary N) is 1. The predicted octanol–water partition coefficient (Wildman–Crippen LogP) is -2.71. The van der Waals surface area contributed by atoms with Crippen LogP contribution in [0, 0.1) is 0 Å². The minimum atomic E-state index is -1.33. The lowest BCUT2D eigenvalue weighted by Gasteiger charge is -2.16. The van der Waals surface area contributed by atoms with Crippen LogP contribution in [0.1, 0.15) is 6.23 Å². The lowest BCUT2D eigenvalue weighted by molar-refractivity contribution is -0.0554. The van der Waals surface area contributed by atoms with E-state index in [0.29, 0.717) is 0 Å². The lowest BCUT2D eigenvalue weighted by atomic mass is 10.1. The third-order valence-electron chi connectivity index (χ3n) is 2.74. The minimum absolute atomic E-state index is 0.142. The fraction of sp³-hybridized carbons (Fsp3) is 0.667. The second kappa shape index (κ2) is 4.98. The Bertz CT molecular complexity index is 478. The van der Waals surface area contributed by atoms with E-state index in [-0.39, 0.29) is 5.95 Å². The van der Waals surface area contributed by atoms with Crippen LogP contribution in [0.25, 0.3) is 0 Å². The third-order valence-corrected chi connectivity index (χ3v) is 2.74. The largest absolute Gasteiger partial charge is 0.394 e. The number of nitrogens with zero attached hydrogens (tertiary/aromatic N) is 3. The molecule has 1 unspecified atom stereocenters. The van der Waals surface area contributed by atoms with Crippen molar-refractivity contribution in [2.24, 2.45) is 0 Å². The molecule has 9 heteroatoms. The van der Waals surface area contributed by atoms with E-state index in [4.69, 9.17) is 9.84 Å². The van der Waals surface area contributed by atoms with Gasteiger partial charge in [0.15, 0.2) is 6.23 Å². The summed E-state index contributed by atoms with van der Waals surface area (Å²) in [5.41, 5.74) is -0.677. The summed E-state index contributed by atoms with van der Waals surface area (Å²) < 4.78 is 6.15. The normalized spacial score (nSPS) is 31.6. The summed E-state index contributed by atoms with van der Waals surface area (Å²) in [6.45, 7) is -0.459. The first-order valence-corrected chi connectivity index (χ1v) is 5.34. The minimum Gasteiger partial charge on any atom is -0.394 e. The Morgan fingerprint density at radius 2 is 2.22 bits per heavy atom. The van der Waals surface area contributed by atoms with E-state index < -0.39 is 36.8 Å². The molecule has 1 aromatic rings. The van der Waals surface area contributed by atoms with Crippen LogP contribution in [-0.2, 0) is 4.74 Å². The fourth-order valence-electron chi connectivity index (χ4n) is 1.75. The van der Waals surface area contributed by atoms with Gasteiger partial charge in [-0.25, -0.2) is 9.78 Å². The molecule has 9 nitrogen and oxygen atoms in total. The highest BCUT2D eigenvalue weighted by Gasteiger charge is 2.43. The topological polar surface area (TPSA) is 130 Å². The summed E-state index contributed by atoms with van der Waals surface area (Å²) in [4.78, 5) is 19.1. The Labute approximate surface area is 102 Å². The molecule has 0 saturated carbocycles. The third kappa shape index (κ3) is 2.08. The second-order valence-corrected chi connectivity index (χ2v) is 3.85. The second-order valence-electron chi connectivity index (χ2n) is 3.85. The van der Waals surface area contributed by atoms with E-state index >= 15 is 0 Å². The molecule has 0 aromatic carbocycles. The zero-order valence-electron chi connectivity index (χ0n) is 9.59. The molecule has 0 aliphatic carbocycles. The van der Waals surface area contributed by atoms with Gasteiger partial charge >= 0.3 is 5.69 Å². The molecule has 18 heavy (non-hydrogen) atoms. The summed E-state index contributed by atoms with van der Waals surface area (Å²) in [7, 11) is 1.56. The molecular weight excluding hydrogens is 244 g/mol. The van der Waals surface area contributed by atoms with Gasteiger partial charge in [-0.05, 0) is 0 Å². The van der Waals surface area contributed by atoms with Crippen LogP contribution in [0.2, 0.25) is 0 Å². The average Bonchev–Trinajstić information content (AvgIpc) is 2.66. The number of anilines is 1. The highest BCUT2D eigenvalue weighted by atomic mass is 16.6. The molecule has 0 amide bonds. The van der Waals surface area contributed by atoms with E-state index in [9.17, 15) is 15.0 Å². The maximum absolute atomic E-state index is 11.7. The number of aliphatic hydroxyl groups excluding tert-OH is 3. The molecule has 4 N–H and O–H groups in total. The monoisotopic (exact) mass is 258 g/mol. The molecule has 1 aromatic heterocycles. The van der Waals surface area contributed by atoms with Crippen molar-refractivity contribution in [3.8, 4) is 0 Å². The van der Waals surface area contributed by atoms with Crippen LogP contribution in [-0.4, -0.2) is 61.8 Å². The number of rotatable bonds is 3. The Balaban J connectivity index is 2.30. The van der Waals surface area contributed by atoms with Gasteiger partial charge < -0.3 is 25.4 Å². The van der Waals surface area contributed by atoms with Gasteiger partial charge in [0.1, 0.15) is 24.6 Å². The molecule has 100 valence electrons. The van der Waals surface area contributed by atoms with Crippen molar-refractivity contribution in [3.63, 3.8) is 0 Å². The van der Waals surface area contributed by atoms with Crippen molar-refractivity contribution in [1.29, 1.82) is 0 Å². The van der Waals surface area contributed by atoms with Crippen molar-refractivity contribution >= 4 is 5.95 Å². The zero-order chi connectivity index (χ0) is 13.3. The van der Waals surface area contributed by atoms with E-state index in [1.54, 1.807) is 7.05 Å². The van der Waals surface area contributed by atoms with Gasteiger partial charge in [0.2, 0.25) is 5.95 Å². The summed E-state index contributed by atoms with van der Waals surface area (Å²) >= 11 is 0. The van der Waals surface area contributed by atoms with E-state index in [1.807, 2.05) is 0 Å². The zero-order valence-corrected chi connectivity index (χ0v) is 9.59. The molecule has 1 aliphatic rings.